The smallest absolute Gasteiger partial charge is 0.262 e. The zero-order chi connectivity index (χ0) is 22.7. The maximum atomic E-state index is 12.4. The van der Waals surface area contributed by atoms with Crippen LogP contribution in [0.5, 0.6) is 5.75 Å². The van der Waals surface area contributed by atoms with E-state index in [-0.39, 0.29) is 18.3 Å². The van der Waals surface area contributed by atoms with Gasteiger partial charge in [-0.25, -0.2) is 4.98 Å². The molecule has 2 atom stereocenters. The zero-order valence-corrected chi connectivity index (χ0v) is 18.8. The number of para-hydroxylation sites is 1. The zero-order valence-electron chi connectivity index (χ0n) is 18.8. The van der Waals surface area contributed by atoms with Crippen LogP contribution in [0.4, 0.5) is 11.5 Å². The first-order chi connectivity index (χ1) is 15.4. The number of hydrogen-bond donors (Lipinski definition) is 1. The molecule has 2 aromatic carbocycles. The van der Waals surface area contributed by atoms with E-state index < -0.39 is 0 Å². The summed E-state index contributed by atoms with van der Waals surface area (Å²) in [6.07, 6.45) is 1.24. The third-order valence-corrected chi connectivity index (χ3v) is 5.80. The molecule has 6 heteroatoms. The van der Waals surface area contributed by atoms with E-state index in [1.165, 1.54) is 13.3 Å². The van der Waals surface area contributed by atoms with E-state index in [1.807, 2.05) is 18.2 Å². The topological polar surface area (TPSA) is 71.5 Å². The van der Waals surface area contributed by atoms with Gasteiger partial charge in [-0.15, -0.1) is 0 Å². The Hall–Kier alpha value is -3.41. The number of ether oxygens (including phenoxy) is 1. The number of rotatable bonds is 6. The van der Waals surface area contributed by atoms with Crippen LogP contribution in [0.3, 0.4) is 0 Å². The lowest BCUT2D eigenvalue weighted by Crippen LogP contribution is -2.39. The van der Waals surface area contributed by atoms with Crippen LogP contribution in [0.25, 0.3) is 10.9 Å². The molecule has 1 aromatic heterocycles. The van der Waals surface area contributed by atoms with Gasteiger partial charge in [0, 0.05) is 29.7 Å². The summed E-state index contributed by atoms with van der Waals surface area (Å²) < 4.78 is 5.85. The molecule has 0 spiro atoms. The maximum absolute atomic E-state index is 12.4. The number of hydrogen-bond acceptors (Lipinski definition) is 5. The molecule has 1 aliphatic rings. The molecule has 6 nitrogen and oxygen atoms in total. The Morgan fingerprint density at radius 2 is 1.75 bits per heavy atom. The van der Waals surface area contributed by atoms with Gasteiger partial charge in [0.25, 0.3) is 5.91 Å². The minimum absolute atomic E-state index is 0.0116. The molecule has 166 valence electrons. The molecule has 32 heavy (non-hydrogen) atoms. The average molecular weight is 432 g/mol. The predicted octanol–water partition coefficient (Wildman–Crippen LogP) is 4.94. The van der Waals surface area contributed by atoms with E-state index in [0.717, 1.165) is 29.8 Å². The summed E-state index contributed by atoms with van der Waals surface area (Å²) in [4.78, 5) is 31.0. The maximum Gasteiger partial charge on any atom is 0.262 e. The molecule has 3 aromatic rings. The fourth-order valence-corrected chi connectivity index (χ4v) is 4.38. The normalized spacial score (nSPS) is 18.4. The van der Waals surface area contributed by atoms with Gasteiger partial charge in [-0.1, -0.05) is 26.0 Å². The van der Waals surface area contributed by atoms with Gasteiger partial charge in [0.15, 0.2) is 12.4 Å². The number of pyridine rings is 1. The van der Waals surface area contributed by atoms with E-state index in [4.69, 9.17) is 9.72 Å². The van der Waals surface area contributed by atoms with Crippen LogP contribution in [-0.2, 0) is 4.79 Å². The molecule has 0 aliphatic carbocycles. The molecule has 0 bridgehead atoms. The Bertz CT molecular complexity index is 1120. The SMILES string of the molecule is CC(=O)c1ccc(NC(=O)COc2cccc3ccc(N4CC(C)CC(C)C4)nc23)cc1. The van der Waals surface area contributed by atoms with E-state index in [0.29, 0.717) is 28.8 Å². The van der Waals surface area contributed by atoms with Crippen molar-refractivity contribution in [2.75, 3.05) is 29.9 Å². The number of piperidine rings is 1. The lowest BCUT2D eigenvalue weighted by molar-refractivity contribution is -0.118. The first kappa shape index (κ1) is 21.8. The van der Waals surface area contributed by atoms with Gasteiger partial charge in [0.1, 0.15) is 17.1 Å². The second kappa shape index (κ2) is 9.39. The fraction of sp³-hybridized carbons (Fsp3) is 0.346. The number of aromatic nitrogens is 1. The van der Waals surface area contributed by atoms with Gasteiger partial charge in [-0.3, -0.25) is 9.59 Å². The molecule has 2 heterocycles. The standard InChI is InChI=1S/C26H29N3O3/c1-17-13-18(2)15-29(14-17)24-12-9-21-5-4-6-23(26(21)28-24)32-16-25(31)27-22-10-7-20(8-11-22)19(3)30/h4-12,17-18H,13-16H2,1-3H3,(H,27,31). The Labute approximate surface area is 188 Å². The number of carbonyl (C=O) groups is 2. The Balaban J connectivity index is 1.46. The Kier molecular flexibility index (Phi) is 6.40. The number of Topliss-reactive ketones (excluding diaryl/α,β-unsaturated/α-hetero) is 1. The number of ketones is 1. The van der Waals surface area contributed by atoms with Crippen molar-refractivity contribution in [3.05, 3.63) is 60.2 Å². The number of nitrogens with one attached hydrogen (secondary N) is 1. The molecular weight excluding hydrogens is 402 g/mol. The van der Waals surface area contributed by atoms with Crippen molar-refractivity contribution in [3.63, 3.8) is 0 Å². The lowest BCUT2D eigenvalue weighted by atomic mass is 9.92. The van der Waals surface area contributed by atoms with Gasteiger partial charge in [-0.05, 0) is 67.6 Å². The van der Waals surface area contributed by atoms with Crippen LogP contribution >= 0.6 is 0 Å². The Morgan fingerprint density at radius 3 is 2.44 bits per heavy atom. The highest BCUT2D eigenvalue weighted by Gasteiger charge is 2.23. The van der Waals surface area contributed by atoms with Crippen LogP contribution in [-0.4, -0.2) is 36.4 Å². The van der Waals surface area contributed by atoms with E-state index in [1.54, 1.807) is 24.3 Å². The summed E-state index contributed by atoms with van der Waals surface area (Å²) >= 11 is 0. The summed E-state index contributed by atoms with van der Waals surface area (Å²) in [5.74, 6) is 2.52. The molecule has 0 saturated carbocycles. The van der Waals surface area contributed by atoms with Gasteiger partial charge in [0.05, 0.1) is 0 Å². The van der Waals surface area contributed by atoms with E-state index in [9.17, 15) is 9.59 Å². The number of benzene rings is 2. The minimum atomic E-state index is -0.271. The molecular formula is C26H29N3O3. The highest BCUT2D eigenvalue weighted by molar-refractivity contribution is 5.96. The average Bonchev–Trinajstić information content (AvgIpc) is 2.77. The Morgan fingerprint density at radius 1 is 1.03 bits per heavy atom. The van der Waals surface area contributed by atoms with Gasteiger partial charge < -0.3 is 15.0 Å². The van der Waals surface area contributed by atoms with Crippen LogP contribution in [0, 0.1) is 11.8 Å². The second-order valence-electron chi connectivity index (χ2n) is 8.82. The molecule has 1 amide bonds. The first-order valence-corrected chi connectivity index (χ1v) is 11.1. The van der Waals surface area contributed by atoms with Crippen molar-refractivity contribution in [1.82, 2.24) is 4.98 Å². The van der Waals surface area contributed by atoms with Crippen molar-refractivity contribution in [2.45, 2.75) is 27.2 Å². The molecule has 1 fully saturated rings. The van der Waals surface area contributed by atoms with E-state index in [2.05, 4.69) is 36.2 Å². The van der Waals surface area contributed by atoms with Crippen molar-refractivity contribution in [1.29, 1.82) is 0 Å². The quantitative estimate of drug-likeness (QED) is 0.560. The van der Waals surface area contributed by atoms with E-state index >= 15 is 0 Å². The largest absolute Gasteiger partial charge is 0.481 e. The third kappa shape index (κ3) is 5.07. The predicted molar refractivity (Wildman–Crippen MR) is 127 cm³/mol. The first-order valence-electron chi connectivity index (χ1n) is 11.1. The highest BCUT2D eigenvalue weighted by atomic mass is 16.5. The molecule has 1 N–H and O–H groups in total. The molecule has 0 radical (unpaired) electrons. The third-order valence-electron chi connectivity index (χ3n) is 5.80. The van der Waals surface area contributed by atoms with Crippen molar-refractivity contribution >= 4 is 34.1 Å². The molecule has 1 saturated heterocycles. The van der Waals surface area contributed by atoms with Crippen LogP contribution in [0.2, 0.25) is 0 Å². The minimum Gasteiger partial charge on any atom is -0.481 e. The summed E-state index contributed by atoms with van der Waals surface area (Å²) in [5, 5.41) is 3.77. The van der Waals surface area contributed by atoms with Crippen molar-refractivity contribution in [2.24, 2.45) is 11.8 Å². The molecule has 4 rings (SSSR count). The summed E-state index contributed by atoms with van der Waals surface area (Å²) in [6, 6.07) is 16.7. The van der Waals surface area contributed by atoms with Crippen molar-refractivity contribution in [3.8, 4) is 5.75 Å². The van der Waals surface area contributed by atoms with Gasteiger partial charge in [-0.2, -0.15) is 0 Å². The fourth-order valence-electron chi connectivity index (χ4n) is 4.38. The second-order valence-corrected chi connectivity index (χ2v) is 8.82. The van der Waals surface area contributed by atoms with Gasteiger partial charge in [0.2, 0.25) is 0 Å². The lowest BCUT2D eigenvalue weighted by Gasteiger charge is -2.35. The number of fused-ring (bicyclic) bond motifs is 1. The summed E-state index contributed by atoms with van der Waals surface area (Å²) in [5.41, 5.74) is 1.99. The van der Waals surface area contributed by atoms with Crippen LogP contribution in [0.1, 0.15) is 37.6 Å². The summed E-state index contributed by atoms with van der Waals surface area (Å²) in [7, 11) is 0. The molecule has 2 unspecified atom stereocenters. The van der Waals surface area contributed by atoms with Crippen LogP contribution in [0.15, 0.2) is 54.6 Å². The molecule has 1 aliphatic heterocycles. The number of nitrogens with zero attached hydrogens (tertiary/aromatic N) is 2. The summed E-state index contributed by atoms with van der Waals surface area (Å²) in [6.45, 7) is 7.94. The van der Waals surface area contributed by atoms with Gasteiger partial charge >= 0.3 is 0 Å². The van der Waals surface area contributed by atoms with Crippen molar-refractivity contribution < 1.29 is 14.3 Å². The highest BCUT2D eigenvalue weighted by Crippen LogP contribution is 2.30. The monoisotopic (exact) mass is 431 g/mol. The number of anilines is 2. The van der Waals surface area contributed by atoms with Crippen LogP contribution < -0.4 is 15.0 Å². The number of amides is 1. The number of carbonyl (C=O) groups excluding carboxylic acids is 2.